The third-order valence-corrected chi connectivity index (χ3v) is 3.38. The largest absolute Gasteiger partial charge is 0.357 e. The molecule has 0 spiro atoms. The molecule has 0 radical (unpaired) electrons. The molecular formula is C16H11N3O4. The maximum atomic E-state index is 11.6. The maximum absolute atomic E-state index is 11.6. The van der Waals surface area contributed by atoms with E-state index in [1.807, 2.05) is 47.4 Å². The monoisotopic (exact) mass is 309 g/mol. The zero-order valence-electron chi connectivity index (χ0n) is 11.8. The molecule has 0 aliphatic rings. The lowest BCUT2D eigenvalue weighted by Gasteiger charge is -2.02. The van der Waals surface area contributed by atoms with E-state index in [2.05, 4.69) is 4.98 Å². The van der Waals surface area contributed by atoms with Crippen LogP contribution in [0.4, 0.5) is 5.69 Å². The van der Waals surface area contributed by atoms with Crippen LogP contribution in [0.5, 0.6) is 0 Å². The fraction of sp³-hybridized carbons (Fsp3) is 0. The minimum atomic E-state index is -1.03. The molecule has 0 bridgehead atoms. The fourth-order valence-corrected chi connectivity index (χ4v) is 2.37. The van der Waals surface area contributed by atoms with Crippen LogP contribution in [0.2, 0.25) is 0 Å². The number of aromatic amines is 2. The Balaban J connectivity index is 2.15. The van der Waals surface area contributed by atoms with E-state index in [-0.39, 0.29) is 5.69 Å². The normalized spacial score (nSPS) is 11.1. The van der Waals surface area contributed by atoms with Crippen molar-refractivity contribution in [2.45, 2.75) is 0 Å². The van der Waals surface area contributed by atoms with Crippen LogP contribution in [-0.4, -0.2) is 14.9 Å². The molecule has 3 aromatic rings. The second-order valence-electron chi connectivity index (χ2n) is 4.83. The zero-order chi connectivity index (χ0) is 16.4. The summed E-state index contributed by atoms with van der Waals surface area (Å²) in [6.07, 6.45) is 2.98. The Hall–Kier alpha value is -3.48. The molecule has 114 valence electrons. The van der Waals surface area contributed by atoms with Gasteiger partial charge in [-0.05, 0) is 22.4 Å². The van der Waals surface area contributed by atoms with E-state index in [0.717, 1.165) is 16.3 Å². The number of aromatic nitrogens is 2. The van der Waals surface area contributed by atoms with Crippen molar-refractivity contribution in [1.82, 2.24) is 9.97 Å². The fourth-order valence-electron chi connectivity index (χ4n) is 2.37. The van der Waals surface area contributed by atoms with E-state index >= 15 is 0 Å². The standard InChI is InChI=1S/C16H11N3O4/c20-15-14(19(22)23)13(17-16(21)18-15)9-8-11-6-3-5-10-4-1-2-7-12(10)11/h1-9H,(H2,17,18,20,21)/b9-8+. The second kappa shape index (κ2) is 5.72. The number of nitrogens with zero attached hydrogens (tertiary/aromatic N) is 1. The first-order valence-corrected chi connectivity index (χ1v) is 6.73. The van der Waals surface area contributed by atoms with Gasteiger partial charge in [0.2, 0.25) is 0 Å². The van der Waals surface area contributed by atoms with E-state index in [4.69, 9.17) is 0 Å². The molecule has 0 unspecified atom stereocenters. The molecule has 0 aliphatic carbocycles. The summed E-state index contributed by atoms with van der Waals surface area (Å²) < 4.78 is 0. The van der Waals surface area contributed by atoms with Crippen molar-refractivity contribution in [3.63, 3.8) is 0 Å². The molecule has 1 heterocycles. The molecule has 0 fully saturated rings. The van der Waals surface area contributed by atoms with Gasteiger partial charge in [0, 0.05) is 0 Å². The molecule has 7 heteroatoms. The highest BCUT2D eigenvalue weighted by atomic mass is 16.6. The van der Waals surface area contributed by atoms with Crippen LogP contribution in [-0.2, 0) is 0 Å². The smallest absolute Gasteiger partial charge is 0.301 e. The van der Waals surface area contributed by atoms with Crippen LogP contribution in [0, 0.1) is 10.1 Å². The highest BCUT2D eigenvalue weighted by molar-refractivity contribution is 5.92. The Bertz CT molecular complexity index is 1040. The van der Waals surface area contributed by atoms with Crippen molar-refractivity contribution in [3.05, 3.63) is 84.7 Å². The summed E-state index contributed by atoms with van der Waals surface area (Å²) >= 11 is 0. The SMILES string of the molecule is O=c1[nH]c(/C=C/c2cccc3ccccc23)c([N+](=O)[O-])c(=O)[nH]1. The summed E-state index contributed by atoms with van der Waals surface area (Å²) in [7, 11) is 0. The van der Waals surface area contributed by atoms with Crippen molar-refractivity contribution in [3.8, 4) is 0 Å². The van der Waals surface area contributed by atoms with E-state index < -0.39 is 21.9 Å². The van der Waals surface area contributed by atoms with Gasteiger partial charge in [-0.2, -0.15) is 0 Å². The van der Waals surface area contributed by atoms with Gasteiger partial charge in [-0.25, -0.2) is 4.79 Å². The van der Waals surface area contributed by atoms with Gasteiger partial charge in [0.15, 0.2) is 0 Å². The molecule has 0 amide bonds. The van der Waals surface area contributed by atoms with Crippen LogP contribution in [0.1, 0.15) is 11.3 Å². The topological polar surface area (TPSA) is 109 Å². The predicted molar refractivity (Wildman–Crippen MR) is 87.2 cm³/mol. The minimum Gasteiger partial charge on any atom is -0.301 e. The summed E-state index contributed by atoms with van der Waals surface area (Å²) in [6.45, 7) is 0. The molecule has 0 atom stereocenters. The molecule has 2 aromatic carbocycles. The molecule has 0 saturated heterocycles. The average molecular weight is 309 g/mol. The Morgan fingerprint density at radius 2 is 1.70 bits per heavy atom. The summed E-state index contributed by atoms with van der Waals surface area (Å²) in [6, 6.07) is 13.3. The number of hydrogen-bond donors (Lipinski definition) is 2. The number of hydrogen-bond acceptors (Lipinski definition) is 4. The molecule has 3 rings (SSSR count). The Morgan fingerprint density at radius 1 is 0.957 bits per heavy atom. The molecule has 0 saturated carbocycles. The van der Waals surface area contributed by atoms with Crippen molar-refractivity contribution >= 4 is 28.6 Å². The first-order chi connectivity index (χ1) is 11.1. The highest BCUT2D eigenvalue weighted by Crippen LogP contribution is 2.21. The summed E-state index contributed by atoms with van der Waals surface area (Å²) in [5, 5.41) is 13.0. The van der Waals surface area contributed by atoms with Crippen LogP contribution in [0.3, 0.4) is 0 Å². The van der Waals surface area contributed by atoms with Crippen molar-refractivity contribution in [1.29, 1.82) is 0 Å². The zero-order valence-corrected chi connectivity index (χ0v) is 11.8. The number of fused-ring (bicyclic) bond motifs is 1. The molecular weight excluding hydrogens is 298 g/mol. The molecule has 7 nitrogen and oxygen atoms in total. The van der Waals surface area contributed by atoms with E-state index in [1.54, 1.807) is 6.08 Å². The maximum Gasteiger partial charge on any atom is 0.357 e. The van der Waals surface area contributed by atoms with Gasteiger partial charge in [-0.1, -0.05) is 48.5 Å². The van der Waals surface area contributed by atoms with Crippen LogP contribution in [0.15, 0.2) is 52.1 Å². The lowest BCUT2D eigenvalue weighted by molar-refractivity contribution is -0.386. The van der Waals surface area contributed by atoms with Crippen LogP contribution >= 0.6 is 0 Å². The Labute approximate surface area is 129 Å². The average Bonchev–Trinajstić information content (AvgIpc) is 2.51. The van der Waals surface area contributed by atoms with Crippen LogP contribution < -0.4 is 11.2 Å². The van der Waals surface area contributed by atoms with E-state index in [0.29, 0.717) is 0 Å². The van der Waals surface area contributed by atoms with Gasteiger partial charge in [0.05, 0.1) is 4.92 Å². The quantitative estimate of drug-likeness (QED) is 0.571. The summed E-state index contributed by atoms with van der Waals surface area (Å²) in [5.74, 6) is 0. The van der Waals surface area contributed by atoms with Gasteiger partial charge in [0.25, 0.3) is 0 Å². The van der Waals surface area contributed by atoms with Crippen molar-refractivity contribution < 1.29 is 4.92 Å². The van der Waals surface area contributed by atoms with Crippen LogP contribution in [0.25, 0.3) is 22.9 Å². The summed E-state index contributed by atoms with van der Waals surface area (Å²) in [4.78, 5) is 37.2. The predicted octanol–water partition coefficient (Wildman–Crippen LogP) is 2.29. The third kappa shape index (κ3) is 2.80. The lowest BCUT2D eigenvalue weighted by Crippen LogP contribution is -2.25. The van der Waals surface area contributed by atoms with Crippen molar-refractivity contribution in [2.75, 3.05) is 0 Å². The number of nitrogens with one attached hydrogen (secondary N) is 2. The number of rotatable bonds is 3. The molecule has 0 aliphatic heterocycles. The first kappa shape index (κ1) is 14.5. The number of H-pyrrole nitrogens is 2. The third-order valence-electron chi connectivity index (χ3n) is 3.38. The molecule has 23 heavy (non-hydrogen) atoms. The number of nitro groups is 1. The van der Waals surface area contributed by atoms with Gasteiger partial charge < -0.3 is 4.98 Å². The summed E-state index contributed by atoms with van der Waals surface area (Å²) in [5.41, 5.74) is -1.84. The van der Waals surface area contributed by atoms with Gasteiger partial charge >= 0.3 is 16.9 Å². The van der Waals surface area contributed by atoms with Gasteiger partial charge in [-0.3, -0.25) is 19.9 Å². The Kier molecular flexibility index (Phi) is 3.60. The molecule has 2 N–H and O–H groups in total. The van der Waals surface area contributed by atoms with Crippen molar-refractivity contribution in [2.24, 2.45) is 0 Å². The van der Waals surface area contributed by atoms with Gasteiger partial charge in [-0.15, -0.1) is 0 Å². The van der Waals surface area contributed by atoms with E-state index in [9.17, 15) is 19.7 Å². The minimum absolute atomic E-state index is 0.142. The first-order valence-electron chi connectivity index (χ1n) is 6.73. The lowest BCUT2D eigenvalue weighted by atomic mass is 10.0. The Morgan fingerprint density at radius 3 is 2.48 bits per heavy atom. The highest BCUT2D eigenvalue weighted by Gasteiger charge is 2.18. The van der Waals surface area contributed by atoms with E-state index in [1.165, 1.54) is 6.08 Å². The second-order valence-corrected chi connectivity index (χ2v) is 4.83. The van der Waals surface area contributed by atoms with Gasteiger partial charge in [0.1, 0.15) is 5.69 Å². The molecule has 1 aromatic heterocycles. The number of benzene rings is 2.